The molecule has 3 atom stereocenters. The number of piperidine rings is 1. The smallest absolute Gasteiger partial charge is 0.474 e. The first-order valence-electron chi connectivity index (χ1n) is 14.3. The van der Waals surface area contributed by atoms with Crippen LogP contribution in [0.3, 0.4) is 0 Å². The molecular formula is C31H26ClF6N3O6S. The number of amides is 2. The summed E-state index contributed by atoms with van der Waals surface area (Å²) >= 11 is 6.42. The largest absolute Gasteiger partial charge is 0.507 e. The van der Waals surface area contributed by atoms with Crippen LogP contribution in [0.5, 0.6) is 5.75 Å². The third-order valence-corrected chi connectivity index (χ3v) is 9.28. The summed E-state index contributed by atoms with van der Waals surface area (Å²) in [6.45, 7) is 3.34. The van der Waals surface area contributed by atoms with E-state index in [2.05, 4.69) is 11.6 Å². The van der Waals surface area contributed by atoms with E-state index in [4.69, 9.17) is 21.1 Å². The molecule has 0 spiro atoms. The van der Waals surface area contributed by atoms with E-state index in [1.54, 1.807) is 6.07 Å². The Morgan fingerprint density at radius 2 is 1.85 bits per heavy atom. The van der Waals surface area contributed by atoms with E-state index in [0.717, 1.165) is 27.4 Å². The van der Waals surface area contributed by atoms with Gasteiger partial charge in [-0.25, -0.2) is 4.79 Å². The van der Waals surface area contributed by atoms with Gasteiger partial charge >= 0.3 is 18.5 Å². The molecule has 0 radical (unpaired) electrons. The molecule has 2 aliphatic rings. The zero-order valence-electron chi connectivity index (χ0n) is 24.7. The SMILES string of the molecule is C=CC[C@H]1N(C(=O)c2ncccc2C(F)(F)F)CCC[C@@]1(Oc1csc(C(F)(F)F)c1)C(=O)N1CCc2cc(Cl)ccc2C1OC(=O)O. The zero-order chi connectivity index (χ0) is 35.0. The molecule has 0 saturated carbocycles. The van der Waals surface area contributed by atoms with Crippen molar-refractivity contribution in [2.45, 2.75) is 55.9 Å². The van der Waals surface area contributed by atoms with Crippen molar-refractivity contribution in [2.75, 3.05) is 13.1 Å². The van der Waals surface area contributed by atoms with Gasteiger partial charge in [0, 0.05) is 47.7 Å². The highest BCUT2D eigenvalue weighted by Gasteiger charge is 2.57. The van der Waals surface area contributed by atoms with E-state index in [1.807, 2.05) is 0 Å². The highest BCUT2D eigenvalue weighted by Crippen LogP contribution is 2.44. The van der Waals surface area contributed by atoms with Crippen LogP contribution in [0.15, 0.2) is 60.6 Å². The van der Waals surface area contributed by atoms with E-state index >= 15 is 0 Å². The normalized spacial score (nSPS) is 21.3. The molecular weight excluding hydrogens is 692 g/mol. The molecule has 2 amide bonds. The van der Waals surface area contributed by atoms with Crippen LogP contribution in [0.2, 0.25) is 5.02 Å². The van der Waals surface area contributed by atoms with Crippen LogP contribution in [0, 0.1) is 0 Å². The van der Waals surface area contributed by atoms with Gasteiger partial charge in [0.05, 0.1) is 11.6 Å². The fraction of sp³-hybridized carbons (Fsp3) is 0.355. The molecule has 256 valence electrons. The monoisotopic (exact) mass is 717 g/mol. The Labute approximate surface area is 278 Å². The second-order valence-corrected chi connectivity index (χ2v) is 12.4. The summed E-state index contributed by atoms with van der Waals surface area (Å²) in [6.07, 6.45) is -11.1. The number of fused-ring (bicyclic) bond motifs is 1. The Kier molecular flexibility index (Phi) is 9.70. The Hall–Kier alpha value is -4.31. The molecule has 17 heteroatoms. The summed E-state index contributed by atoms with van der Waals surface area (Å²) < 4.78 is 94.0. The number of hydrogen-bond donors (Lipinski definition) is 1. The Morgan fingerprint density at radius 1 is 1.10 bits per heavy atom. The number of pyridine rings is 1. The molecule has 3 aromatic rings. The number of thiophene rings is 1. The van der Waals surface area contributed by atoms with Crippen molar-refractivity contribution in [3.05, 3.63) is 92.9 Å². The van der Waals surface area contributed by atoms with E-state index < -0.39 is 70.1 Å². The summed E-state index contributed by atoms with van der Waals surface area (Å²) in [4.78, 5) is 45.3. The van der Waals surface area contributed by atoms with Gasteiger partial charge in [-0.15, -0.1) is 17.9 Å². The van der Waals surface area contributed by atoms with Gasteiger partial charge in [-0.2, -0.15) is 26.3 Å². The topological polar surface area (TPSA) is 109 Å². The highest BCUT2D eigenvalue weighted by atomic mass is 35.5. The van der Waals surface area contributed by atoms with Crippen LogP contribution < -0.4 is 4.74 Å². The van der Waals surface area contributed by atoms with Crippen LogP contribution >= 0.6 is 22.9 Å². The van der Waals surface area contributed by atoms with Crippen LogP contribution in [-0.2, 0) is 28.3 Å². The van der Waals surface area contributed by atoms with Gasteiger partial charge in [-0.3, -0.25) is 19.5 Å². The number of hydrogen-bond acceptors (Lipinski definition) is 7. The third kappa shape index (κ3) is 6.81. The fourth-order valence-corrected chi connectivity index (χ4v) is 6.99. The molecule has 48 heavy (non-hydrogen) atoms. The molecule has 2 aromatic heterocycles. The van der Waals surface area contributed by atoms with Crippen molar-refractivity contribution in [1.29, 1.82) is 0 Å². The highest BCUT2D eigenvalue weighted by molar-refractivity contribution is 7.10. The van der Waals surface area contributed by atoms with Crippen LogP contribution in [0.1, 0.15) is 57.5 Å². The summed E-state index contributed by atoms with van der Waals surface area (Å²) in [5, 5.41) is 11.0. The van der Waals surface area contributed by atoms with Crippen molar-refractivity contribution < 1.29 is 55.3 Å². The van der Waals surface area contributed by atoms with Crippen molar-refractivity contribution >= 4 is 40.9 Å². The van der Waals surface area contributed by atoms with Crippen molar-refractivity contribution in [3.8, 4) is 5.75 Å². The first-order chi connectivity index (χ1) is 22.6. The van der Waals surface area contributed by atoms with E-state index in [1.165, 1.54) is 18.2 Å². The van der Waals surface area contributed by atoms with E-state index in [-0.39, 0.29) is 55.7 Å². The predicted molar refractivity (Wildman–Crippen MR) is 160 cm³/mol. The Morgan fingerprint density at radius 3 is 2.50 bits per heavy atom. The van der Waals surface area contributed by atoms with Gasteiger partial charge in [0.2, 0.25) is 11.8 Å². The molecule has 0 bridgehead atoms. The van der Waals surface area contributed by atoms with Gasteiger partial charge in [-0.05, 0) is 49.1 Å². The molecule has 1 saturated heterocycles. The number of rotatable bonds is 7. The van der Waals surface area contributed by atoms with Gasteiger partial charge in [0.1, 0.15) is 16.3 Å². The quantitative estimate of drug-likeness (QED) is 0.152. The zero-order valence-corrected chi connectivity index (χ0v) is 26.3. The molecule has 1 fully saturated rings. The number of aromatic nitrogens is 1. The van der Waals surface area contributed by atoms with Crippen LogP contribution in [0.4, 0.5) is 31.1 Å². The maximum absolute atomic E-state index is 14.9. The number of ether oxygens (including phenoxy) is 2. The maximum Gasteiger partial charge on any atom is 0.507 e. The Balaban J connectivity index is 1.66. The first kappa shape index (κ1) is 35.0. The summed E-state index contributed by atoms with van der Waals surface area (Å²) in [5.74, 6) is -2.55. The van der Waals surface area contributed by atoms with Gasteiger partial charge in [0.25, 0.3) is 11.8 Å². The number of carboxylic acid groups (broad SMARTS) is 1. The molecule has 2 aliphatic heterocycles. The van der Waals surface area contributed by atoms with E-state index in [0.29, 0.717) is 22.7 Å². The second-order valence-electron chi connectivity index (χ2n) is 11.0. The summed E-state index contributed by atoms with van der Waals surface area (Å²) in [5.41, 5.74) is -3.70. The molecule has 1 aromatic carbocycles. The fourth-order valence-electron chi connectivity index (χ4n) is 6.12. The van der Waals surface area contributed by atoms with Crippen LogP contribution in [0.25, 0.3) is 0 Å². The maximum atomic E-state index is 14.9. The predicted octanol–water partition coefficient (Wildman–Crippen LogP) is 7.61. The minimum Gasteiger partial charge on any atom is -0.474 e. The first-order valence-corrected chi connectivity index (χ1v) is 15.6. The minimum atomic E-state index is -4.97. The number of halogens is 7. The second kappa shape index (κ2) is 13.3. The molecule has 1 unspecified atom stereocenters. The van der Waals surface area contributed by atoms with Crippen LogP contribution in [-0.4, -0.2) is 62.6 Å². The number of nitrogens with zero attached hydrogens (tertiary/aromatic N) is 3. The lowest BCUT2D eigenvalue weighted by Gasteiger charge is -2.50. The van der Waals surface area contributed by atoms with Gasteiger partial charge < -0.3 is 19.5 Å². The van der Waals surface area contributed by atoms with Crippen molar-refractivity contribution in [1.82, 2.24) is 14.8 Å². The molecule has 5 rings (SSSR count). The molecule has 9 nitrogen and oxygen atoms in total. The molecule has 4 heterocycles. The number of likely N-dealkylation sites (tertiary alicyclic amines) is 1. The molecule has 1 N–H and O–H groups in total. The summed E-state index contributed by atoms with van der Waals surface area (Å²) in [7, 11) is 0. The van der Waals surface area contributed by atoms with Gasteiger partial charge in [-0.1, -0.05) is 23.7 Å². The lowest BCUT2D eigenvalue weighted by Crippen LogP contribution is -2.68. The number of carbonyl (C=O) groups is 3. The lowest BCUT2D eigenvalue weighted by atomic mass is 9.79. The summed E-state index contributed by atoms with van der Waals surface area (Å²) in [6, 6.07) is 5.41. The number of carbonyl (C=O) groups excluding carboxylic acids is 2. The lowest BCUT2D eigenvalue weighted by molar-refractivity contribution is -0.171. The average Bonchev–Trinajstić information content (AvgIpc) is 3.50. The van der Waals surface area contributed by atoms with E-state index in [9.17, 15) is 45.8 Å². The standard InChI is InChI=1S/C31H26ClF6N3O6S/c1-2-5-22-29(47-19-15-23(48-16-19)31(36,37)38,10-4-12-40(22)25(42)24-21(30(33,34)35)6-3-11-39-24)27(43)41-13-9-17-14-18(32)7-8-20(17)26(41)46-28(44)45/h2-3,6-8,11,14-16,22,26H,1,4-5,9-10,12-13H2,(H,44,45)/t22-,26?,29+/m1/s1. The minimum absolute atomic E-state index is 0.0416. The number of benzene rings is 1. The third-order valence-electron chi connectivity index (χ3n) is 8.09. The molecule has 0 aliphatic carbocycles. The van der Waals surface area contributed by atoms with Gasteiger partial charge in [0.15, 0.2) is 0 Å². The Bertz CT molecular complexity index is 1730. The average molecular weight is 718 g/mol. The van der Waals surface area contributed by atoms with Crippen molar-refractivity contribution in [3.63, 3.8) is 0 Å². The number of alkyl halides is 6. The van der Waals surface area contributed by atoms with Crippen molar-refractivity contribution in [2.24, 2.45) is 0 Å².